The highest BCUT2D eigenvalue weighted by atomic mass is 32.2. The summed E-state index contributed by atoms with van der Waals surface area (Å²) in [5.41, 5.74) is -1.53. The van der Waals surface area contributed by atoms with Crippen LogP contribution in [-0.4, -0.2) is 52.0 Å². The summed E-state index contributed by atoms with van der Waals surface area (Å²) >= 11 is 1.46. The lowest BCUT2D eigenvalue weighted by Gasteiger charge is -2.30. The van der Waals surface area contributed by atoms with E-state index in [9.17, 15) is 27.6 Å². The van der Waals surface area contributed by atoms with E-state index in [1.54, 1.807) is 0 Å². The molecule has 0 spiro atoms. The second kappa shape index (κ2) is 8.01. The molecule has 0 radical (unpaired) electrons. The highest BCUT2D eigenvalue weighted by Crippen LogP contribution is 2.47. The van der Waals surface area contributed by atoms with Crippen molar-refractivity contribution in [2.45, 2.75) is 55.8 Å². The lowest BCUT2D eigenvalue weighted by Crippen LogP contribution is -2.48. The number of ether oxygens (including phenoxy) is 1. The molecule has 3 aliphatic rings. The molecule has 3 aliphatic heterocycles. The van der Waals surface area contributed by atoms with Gasteiger partial charge in [0.1, 0.15) is 12.1 Å². The van der Waals surface area contributed by atoms with Crippen LogP contribution in [0, 0.1) is 0 Å². The number of nitrogens with zero attached hydrogens (tertiary/aromatic N) is 1. The number of thioether (sulfide) groups is 1. The van der Waals surface area contributed by atoms with Gasteiger partial charge in [0.25, 0.3) is 5.91 Å². The predicted octanol–water partition coefficient (Wildman–Crippen LogP) is 3.22. The molecule has 3 heterocycles. The third-order valence-electron chi connectivity index (χ3n) is 5.82. The Labute approximate surface area is 181 Å². The minimum Gasteiger partial charge on any atom is -0.368 e. The second-order valence-electron chi connectivity index (χ2n) is 8.00. The van der Waals surface area contributed by atoms with Crippen LogP contribution in [0.4, 0.5) is 24.5 Å². The number of amides is 3. The molecule has 0 aliphatic carbocycles. The molecular formula is C20H22F3N3O4S. The summed E-state index contributed by atoms with van der Waals surface area (Å²) in [6.07, 6.45) is -3.28. The summed E-state index contributed by atoms with van der Waals surface area (Å²) in [7, 11) is 0. The summed E-state index contributed by atoms with van der Waals surface area (Å²) in [6, 6.07) is 2.37. The minimum atomic E-state index is -4.75. The van der Waals surface area contributed by atoms with Gasteiger partial charge >= 0.3 is 6.18 Å². The number of carbonyl (C=O) groups excluding carboxylic acids is 3. The van der Waals surface area contributed by atoms with Gasteiger partial charge in [-0.2, -0.15) is 13.2 Å². The van der Waals surface area contributed by atoms with Crippen LogP contribution in [-0.2, 0) is 25.3 Å². The van der Waals surface area contributed by atoms with E-state index in [0.29, 0.717) is 31.6 Å². The van der Waals surface area contributed by atoms with Gasteiger partial charge in [-0.05, 0) is 44.4 Å². The van der Waals surface area contributed by atoms with Crippen molar-refractivity contribution in [3.8, 4) is 0 Å². The smallest absolute Gasteiger partial charge is 0.368 e. The van der Waals surface area contributed by atoms with E-state index in [1.807, 2.05) is 6.92 Å². The van der Waals surface area contributed by atoms with Gasteiger partial charge < -0.3 is 20.3 Å². The van der Waals surface area contributed by atoms with Crippen molar-refractivity contribution in [3.05, 3.63) is 23.8 Å². The van der Waals surface area contributed by atoms with Crippen LogP contribution < -0.4 is 10.6 Å². The van der Waals surface area contributed by atoms with Crippen LogP contribution in [0.1, 0.15) is 38.2 Å². The molecule has 11 heteroatoms. The Bertz CT molecular complexity index is 919. The zero-order valence-corrected chi connectivity index (χ0v) is 17.6. The van der Waals surface area contributed by atoms with Gasteiger partial charge in [-0.1, -0.05) is 0 Å². The molecule has 2 N–H and O–H groups in total. The third kappa shape index (κ3) is 4.25. The highest BCUT2D eigenvalue weighted by molar-refractivity contribution is 8.01. The van der Waals surface area contributed by atoms with Crippen LogP contribution in [0.15, 0.2) is 18.2 Å². The van der Waals surface area contributed by atoms with Crippen molar-refractivity contribution in [1.82, 2.24) is 4.90 Å². The Morgan fingerprint density at radius 2 is 2.03 bits per heavy atom. The van der Waals surface area contributed by atoms with E-state index < -0.39 is 46.3 Å². The largest absolute Gasteiger partial charge is 0.418 e. The molecule has 0 aromatic heterocycles. The number of alkyl halides is 3. The molecule has 1 aromatic rings. The van der Waals surface area contributed by atoms with E-state index in [-0.39, 0.29) is 11.6 Å². The highest BCUT2D eigenvalue weighted by Gasteiger charge is 2.53. The fourth-order valence-electron chi connectivity index (χ4n) is 4.20. The molecular weight excluding hydrogens is 435 g/mol. The molecule has 3 atom stereocenters. The van der Waals surface area contributed by atoms with Gasteiger partial charge in [-0.25, -0.2) is 0 Å². The van der Waals surface area contributed by atoms with E-state index in [2.05, 4.69) is 10.6 Å². The predicted molar refractivity (Wildman–Crippen MR) is 108 cm³/mol. The monoisotopic (exact) mass is 457 g/mol. The van der Waals surface area contributed by atoms with Crippen LogP contribution >= 0.6 is 11.8 Å². The topological polar surface area (TPSA) is 87.7 Å². The van der Waals surface area contributed by atoms with Crippen molar-refractivity contribution in [3.63, 3.8) is 0 Å². The lowest BCUT2D eigenvalue weighted by molar-refractivity contribution is -0.138. The Kier molecular flexibility index (Phi) is 5.67. The molecule has 3 saturated heterocycles. The summed E-state index contributed by atoms with van der Waals surface area (Å²) in [5.74, 6) is -1.01. The number of hydrogen-bond acceptors (Lipinski definition) is 5. The fraction of sp³-hybridized carbons (Fsp3) is 0.550. The molecule has 0 saturated carbocycles. The second-order valence-corrected chi connectivity index (χ2v) is 9.51. The third-order valence-corrected chi connectivity index (χ3v) is 7.33. The Morgan fingerprint density at radius 3 is 2.71 bits per heavy atom. The normalized spacial score (nSPS) is 28.0. The van der Waals surface area contributed by atoms with Crippen molar-refractivity contribution >= 4 is 40.9 Å². The van der Waals surface area contributed by atoms with E-state index in [1.165, 1.54) is 22.7 Å². The zero-order chi connectivity index (χ0) is 22.4. The number of hydrogen-bond donors (Lipinski definition) is 2. The van der Waals surface area contributed by atoms with Gasteiger partial charge in [0, 0.05) is 24.5 Å². The SMILES string of the molecule is CC12CCC(=O)N1C(C(=O)Nc1ccc(NC(=O)C3CCCO3)cc1C(F)(F)F)CS2. The van der Waals surface area contributed by atoms with Crippen LogP contribution in [0.3, 0.4) is 0 Å². The maximum atomic E-state index is 13.7. The summed E-state index contributed by atoms with van der Waals surface area (Å²) in [4.78, 5) is 38.1. The Morgan fingerprint density at radius 1 is 1.26 bits per heavy atom. The average Bonchev–Trinajstić information content (AvgIpc) is 3.40. The fourth-order valence-corrected chi connectivity index (χ4v) is 5.64. The van der Waals surface area contributed by atoms with Gasteiger partial charge in [0.15, 0.2) is 0 Å². The first-order chi connectivity index (χ1) is 14.6. The first-order valence-corrected chi connectivity index (χ1v) is 11.0. The van der Waals surface area contributed by atoms with Gasteiger partial charge in [0.2, 0.25) is 11.8 Å². The van der Waals surface area contributed by atoms with Crippen molar-refractivity contribution in [2.24, 2.45) is 0 Å². The van der Waals surface area contributed by atoms with Crippen LogP contribution in [0.5, 0.6) is 0 Å². The van der Waals surface area contributed by atoms with Crippen molar-refractivity contribution in [1.29, 1.82) is 0 Å². The number of fused-ring (bicyclic) bond motifs is 1. The Balaban J connectivity index is 1.53. The number of rotatable bonds is 4. The number of carbonyl (C=O) groups is 3. The standard InChI is InChI=1S/C20H22F3N3O4S/c1-19-7-6-16(27)26(19)14(10-31-19)17(28)25-13-5-4-11(9-12(13)20(21,22)23)24-18(29)15-3-2-8-30-15/h4-5,9,14-15H,2-3,6-8,10H2,1H3,(H,24,29)(H,25,28). The first-order valence-electron chi connectivity index (χ1n) is 9.99. The molecule has 7 nitrogen and oxygen atoms in total. The lowest BCUT2D eigenvalue weighted by atomic mass is 10.1. The zero-order valence-electron chi connectivity index (χ0n) is 16.8. The molecule has 168 valence electrons. The quantitative estimate of drug-likeness (QED) is 0.725. The minimum absolute atomic E-state index is 0.0375. The average molecular weight is 457 g/mol. The summed E-state index contributed by atoms with van der Waals surface area (Å²) in [6.45, 7) is 2.30. The molecule has 3 unspecified atom stereocenters. The first kappa shape index (κ1) is 21.9. The molecule has 3 fully saturated rings. The van der Waals surface area contributed by atoms with Crippen LogP contribution in [0.2, 0.25) is 0 Å². The Hall–Kier alpha value is -2.27. The molecule has 3 amide bonds. The summed E-state index contributed by atoms with van der Waals surface area (Å²) < 4.78 is 46.3. The van der Waals surface area contributed by atoms with E-state index in [4.69, 9.17) is 4.74 Å². The molecule has 1 aromatic carbocycles. The van der Waals surface area contributed by atoms with Gasteiger partial charge in [-0.3, -0.25) is 14.4 Å². The number of anilines is 2. The molecule has 4 rings (SSSR count). The maximum Gasteiger partial charge on any atom is 0.418 e. The molecule has 0 bridgehead atoms. The van der Waals surface area contributed by atoms with Gasteiger partial charge in [-0.15, -0.1) is 11.8 Å². The number of halogens is 3. The maximum absolute atomic E-state index is 13.7. The number of benzene rings is 1. The van der Waals surface area contributed by atoms with Gasteiger partial charge in [0.05, 0.1) is 16.1 Å². The van der Waals surface area contributed by atoms with E-state index in [0.717, 1.165) is 18.6 Å². The van der Waals surface area contributed by atoms with Crippen molar-refractivity contribution in [2.75, 3.05) is 23.0 Å². The molecule has 31 heavy (non-hydrogen) atoms. The van der Waals surface area contributed by atoms with E-state index >= 15 is 0 Å². The van der Waals surface area contributed by atoms with Crippen LogP contribution in [0.25, 0.3) is 0 Å². The van der Waals surface area contributed by atoms with Crippen molar-refractivity contribution < 1.29 is 32.3 Å². The summed E-state index contributed by atoms with van der Waals surface area (Å²) in [5, 5.41) is 4.78. The number of nitrogens with one attached hydrogen (secondary N) is 2.